The van der Waals surface area contributed by atoms with Gasteiger partial charge in [0.05, 0.1) is 6.61 Å². The van der Waals surface area contributed by atoms with Gasteiger partial charge in [-0.2, -0.15) is 0 Å². The van der Waals surface area contributed by atoms with E-state index >= 15 is 0 Å². The summed E-state index contributed by atoms with van der Waals surface area (Å²) in [6.07, 6.45) is 1.93. The standard InChI is InChI=1S/C26H20O2S/c1-29-27-17-18-9-11-19(12-10-18)20-13-15-21(16-14-20)22-6-4-7-24-23-5-2-3-8-25(23)28-26(22)24/h2-16H,17H2,1H3. The molecule has 3 heteroatoms. The summed E-state index contributed by atoms with van der Waals surface area (Å²) in [5.41, 5.74) is 7.72. The van der Waals surface area contributed by atoms with Gasteiger partial charge in [0.25, 0.3) is 0 Å². The zero-order valence-electron chi connectivity index (χ0n) is 16.1. The van der Waals surface area contributed by atoms with E-state index in [1.165, 1.54) is 28.7 Å². The first-order valence-electron chi connectivity index (χ1n) is 9.59. The highest BCUT2D eigenvalue weighted by molar-refractivity contribution is 7.93. The van der Waals surface area contributed by atoms with E-state index in [1.807, 2.05) is 18.4 Å². The lowest BCUT2D eigenvalue weighted by atomic mass is 9.98. The SMILES string of the molecule is CSOCc1ccc(-c2ccc(-c3cccc4c3oc3ccccc34)cc2)cc1. The molecule has 1 heterocycles. The lowest BCUT2D eigenvalue weighted by Crippen LogP contribution is -1.86. The summed E-state index contributed by atoms with van der Waals surface area (Å²) in [6.45, 7) is 0.627. The quantitative estimate of drug-likeness (QED) is 0.284. The van der Waals surface area contributed by atoms with E-state index in [9.17, 15) is 0 Å². The van der Waals surface area contributed by atoms with Crippen molar-refractivity contribution in [3.63, 3.8) is 0 Å². The summed E-state index contributed by atoms with van der Waals surface area (Å²) >= 11 is 1.39. The van der Waals surface area contributed by atoms with Gasteiger partial charge in [0.1, 0.15) is 11.2 Å². The van der Waals surface area contributed by atoms with Crippen molar-refractivity contribution in [2.24, 2.45) is 0 Å². The first-order valence-corrected chi connectivity index (χ1v) is 10.7. The van der Waals surface area contributed by atoms with Crippen LogP contribution in [0.2, 0.25) is 0 Å². The first kappa shape index (κ1) is 18.0. The van der Waals surface area contributed by atoms with E-state index in [-0.39, 0.29) is 0 Å². The van der Waals surface area contributed by atoms with E-state index in [0.717, 1.165) is 33.1 Å². The number of benzene rings is 4. The minimum atomic E-state index is 0.627. The molecule has 5 rings (SSSR count). The predicted octanol–water partition coefficient (Wildman–Crippen LogP) is 7.71. The third-order valence-corrected chi connectivity index (χ3v) is 5.58. The van der Waals surface area contributed by atoms with E-state index in [4.69, 9.17) is 8.60 Å². The number of furan rings is 1. The van der Waals surface area contributed by atoms with Crippen LogP contribution in [0.25, 0.3) is 44.2 Å². The smallest absolute Gasteiger partial charge is 0.143 e. The summed E-state index contributed by atoms with van der Waals surface area (Å²) in [4.78, 5) is 0. The fourth-order valence-corrected chi connectivity index (χ4v) is 3.99. The highest BCUT2D eigenvalue weighted by atomic mass is 32.2. The van der Waals surface area contributed by atoms with E-state index in [1.54, 1.807) is 0 Å². The van der Waals surface area contributed by atoms with E-state index < -0.39 is 0 Å². The summed E-state index contributed by atoms with van der Waals surface area (Å²) < 4.78 is 11.6. The fourth-order valence-electron chi connectivity index (χ4n) is 3.74. The number of hydrogen-bond donors (Lipinski definition) is 0. The van der Waals surface area contributed by atoms with Crippen molar-refractivity contribution in [3.05, 3.63) is 96.6 Å². The molecule has 0 amide bonds. The fraction of sp³-hybridized carbons (Fsp3) is 0.0769. The zero-order chi connectivity index (χ0) is 19.6. The monoisotopic (exact) mass is 396 g/mol. The Balaban J connectivity index is 1.49. The van der Waals surface area contributed by atoms with Crippen LogP contribution in [-0.2, 0) is 10.8 Å². The second kappa shape index (κ2) is 7.78. The highest BCUT2D eigenvalue weighted by Gasteiger charge is 2.11. The molecular weight excluding hydrogens is 376 g/mol. The van der Waals surface area contributed by atoms with Gasteiger partial charge in [-0.15, -0.1) is 0 Å². The molecule has 29 heavy (non-hydrogen) atoms. The minimum absolute atomic E-state index is 0.627. The molecular formula is C26H20O2S. The van der Waals surface area contributed by atoms with Crippen LogP contribution >= 0.6 is 12.0 Å². The average Bonchev–Trinajstić information content (AvgIpc) is 3.17. The minimum Gasteiger partial charge on any atom is -0.455 e. The lowest BCUT2D eigenvalue weighted by Gasteiger charge is -2.07. The van der Waals surface area contributed by atoms with Gasteiger partial charge >= 0.3 is 0 Å². The van der Waals surface area contributed by atoms with Crippen LogP contribution in [0.3, 0.4) is 0 Å². The van der Waals surface area contributed by atoms with Crippen molar-refractivity contribution in [1.82, 2.24) is 0 Å². The maximum Gasteiger partial charge on any atom is 0.143 e. The predicted molar refractivity (Wildman–Crippen MR) is 123 cm³/mol. The number of hydrogen-bond acceptors (Lipinski definition) is 3. The molecule has 0 unspecified atom stereocenters. The van der Waals surface area contributed by atoms with Crippen LogP contribution in [0.5, 0.6) is 0 Å². The Kier molecular flexibility index (Phi) is 4.84. The Labute approximate surface area is 174 Å². The van der Waals surface area contributed by atoms with Gasteiger partial charge in [0.15, 0.2) is 0 Å². The molecule has 142 valence electrons. The van der Waals surface area contributed by atoms with Gasteiger partial charge in [0.2, 0.25) is 0 Å². The average molecular weight is 397 g/mol. The van der Waals surface area contributed by atoms with Crippen molar-refractivity contribution in [2.75, 3.05) is 6.26 Å². The third kappa shape index (κ3) is 3.44. The van der Waals surface area contributed by atoms with Crippen LogP contribution in [0.4, 0.5) is 0 Å². The Bertz CT molecular complexity index is 1270. The topological polar surface area (TPSA) is 22.4 Å². The van der Waals surface area contributed by atoms with Crippen LogP contribution in [-0.4, -0.2) is 6.26 Å². The molecule has 2 nitrogen and oxygen atoms in total. The van der Waals surface area contributed by atoms with E-state index in [0.29, 0.717) is 6.61 Å². The van der Waals surface area contributed by atoms with Crippen LogP contribution < -0.4 is 0 Å². The second-order valence-corrected chi connectivity index (χ2v) is 7.55. The summed E-state index contributed by atoms with van der Waals surface area (Å²) in [7, 11) is 0. The van der Waals surface area contributed by atoms with Crippen LogP contribution in [0, 0.1) is 0 Å². The van der Waals surface area contributed by atoms with Crippen molar-refractivity contribution in [1.29, 1.82) is 0 Å². The zero-order valence-corrected chi connectivity index (χ0v) is 16.9. The molecule has 0 atom stereocenters. The molecule has 4 aromatic carbocycles. The molecule has 0 radical (unpaired) electrons. The van der Waals surface area contributed by atoms with Crippen molar-refractivity contribution >= 4 is 34.0 Å². The largest absolute Gasteiger partial charge is 0.455 e. The normalized spacial score (nSPS) is 11.3. The molecule has 1 aromatic heterocycles. The molecule has 0 aliphatic heterocycles. The Hall–Kier alpha value is -3.01. The van der Waals surface area contributed by atoms with Gasteiger partial charge < -0.3 is 8.60 Å². The van der Waals surface area contributed by atoms with Gasteiger partial charge in [-0.1, -0.05) is 84.9 Å². The van der Waals surface area contributed by atoms with Gasteiger partial charge in [-0.05, 0) is 40.4 Å². The molecule has 0 fully saturated rings. The summed E-state index contributed by atoms with van der Waals surface area (Å²) in [5, 5.41) is 2.32. The molecule has 0 saturated carbocycles. The van der Waals surface area contributed by atoms with Gasteiger partial charge in [-0.3, -0.25) is 0 Å². The molecule has 0 saturated heterocycles. The highest BCUT2D eigenvalue weighted by Crippen LogP contribution is 2.36. The molecule has 5 aromatic rings. The molecule has 0 aliphatic rings. The van der Waals surface area contributed by atoms with Gasteiger partial charge in [0, 0.05) is 22.6 Å². The van der Waals surface area contributed by atoms with Gasteiger partial charge in [-0.25, -0.2) is 0 Å². The van der Waals surface area contributed by atoms with Crippen LogP contribution in [0.15, 0.2) is 95.4 Å². The first-order chi connectivity index (χ1) is 14.3. The number of rotatable bonds is 5. The van der Waals surface area contributed by atoms with E-state index in [2.05, 4.69) is 78.9 Å². The lowest BCUT2D eigenvalue weighted by molar-refractivity contribution is 0.366. The Morgan fingerprint density at radius 1 is 0.690 bits per heavy atom. The molecule has 0 N–H and O–H groups in total. The maximum atomic E-state index is 6.18. The van der Waals surface area contributed by atoms with Crippen LogP contribution in [0.1, 0.15) is 5.56 Å². The Morgan fingerprint density at radius 3 is 2.10 bits per heavy atom. The summed E-state index contributed by atoms with van der Waals surface area (Å²) in [5.74, 6) is 0. The molecule has 0 bridgehead atoms. The third-order valence-electron chi connectivity index (χ3n) is 5.23. The van der Waals surface area contributed by atoms with Crippen molar-refractivity contribution in [2.45, 2.75) is 6.61 Å². The summed E-state index contributed by atoms with van der Waals surface area (Å²) in [6, 6.07) is 31.8. The number of fused-ring (bicyclic) bond motifs is 3. The molecule has 0 aliphatic carbocycles. The van der Waals surface area contributed by atoms with Crippen molar-refractivity contribution < 1.29 is 8.60 Å². The number of para-hydroxylation sites is 2. The maximum absolute atomic E-state index is 6.18. The Morgan fingerprint density at radius 2 is 1.34 bits per heavy atom. The molecule has 0 spiro atoms. The van der Waals surface area contributed by atoms with Crippen molar-refractivity contribution in [3.8, 4) is 22.3 Å². The second-order valence-electron chi connectivity index (χ2n) is 6.98.